The van der Waals surface area contributed by atoms with E-state index >= 15 is 0 Å². The standard InChI is InChI=1S/C20H23N7OS/c1-12-9-17(26-25-12)22-18-16-5-8-29-19(16)24-20(23-18)28-15-10-13-3-4-14(11-15)27(13)7-2-6-21/h5,8-9,13-15H,2-4,7,10-11H2,1H3,(H2,22,23,24,25,26)/t13-,14+,15-. The summed E-state index contributed by atoms with van der Waals surface area (Å²) in [5, 5.41) is 22.4. The zero-order chi connectivity index (χ0) is 19.8. The van der Waals surface area contributed by atoms with Crippen molar-refractivity contribution in [2.45, 2.75) is 57.2 Å². The van der Waals surface area contributed by atoms with E-state index in [4.69, 9.17) is 10.00 Å². The first kappa shape index (κ1) is 18.3. The number of fused-ring (bicyclic) bond motifs is 3. The van der Waals surface area contributed by atoms with Gasteiger partial charge in [0.1, 0.15) is 16.8 Å². The number of anilines is 2. The molecule has 0 amide bonds. The van der Waals surface area contributed by atoms with E-state index in [1.54, 1.807) is 11.3 Å². The van der Waals surface area contributed by atoms with Crippen LogP contribution in [-0.4, -0.2) is 49.8 Å². The lowest BCUT2D eigenvalue weighted by Gasteiger charge is -2.38. The number of hydrogen-bond donors (Lipinski definition) is 2. The molecule has 0 aromatic carbocycles. The highest BCUT2D eigenvalue weighted by Gasteiger charge is 2.41. The number of rotatable bonds is 6. The van der Waals surface area contributed by atoms with Crippen LogP contribution in [0.25, 0.3) is 10.2 Å². The van der Waals surface area contributed by atoms with Gasteiger partial charge >= 0.3 is 6.01 Å². The van der Waals surface area contributed by atoms with Gasteiger partial charge in [-0.2, -0.15) is 20.3 Å². The van der Waals surface area contributed by atoms with E-state index in [2.05, 4.69) is 36.5 Å². The fourth-order valence-corrected chi connectivity index (χ4v) is 5.36. The highest BCUT2D eigenvalue weighted by Crippen LogP contribution is 2.37. The number of nitrogens with one attached hydrogen (secondary N) is 2. The molecule has 0 spiro atoms. The molecule has 3 aromatic rings. The molecule has 2 N–H and O–H groups in total. The number of nitrogens with zero attached hydrogens (tertiary/aromatic N) is 5. The Labute approximate surface area is 172 Å². The van der Waals surface area contributed by atoms with Crippen LogP contribution in [0.5, 0.6) is 6.01 Å². The van der Waals surface area contributed by atoms with Crippen molar-refractivity contribution >= 4 is 33.2 Å². The Balaban J connectivity index is 1.34. The smallest absolute Gasteiger partial charge is 0.320 e. The number of nitriles is 1. The SMILES string of the molecule is Cc1cc(Nc2nc(O[C@@H]3C[C@H]4CC[C@@H](C3)N4CCC#N)nc3sccc23)n[nH]1. The van der Waals surface area contributed by atoms with Crippen LogP contribution in [0.15, 0.2) is 17.5 Å². The van der Waals surface area contributed by atoms with E-state index < -0.39 is 0 Å². The fourth-order valence-electron chi connectivity index (χ4n) is 4.60. The van der Waals surface area contributed by atoms with Crippen molar-refractivity contribution in [1.82, 2.24) is 25.1 Å². The summed E-state index contributed by atoms with van der Waals surface area (Å²) in [5.74, 6) is 1.44. The summed E-state index contributed by atoms with van der Waals surface area (Å²) in [6.07, 6.45) is 5.02. The van der Waals surface area contributed by atoms with E-state index in [0.29, 0.717) is 30.3 Å². The fraction of sp³-hybridized carbons (Fsp3) is 0.500. The molecule has 5 heterocycles. The Kier molecular flexibility index (Phi) is 4.81. The normalized spacial score (nSPS) is 23.9. The minimum Gasteiger partial charge on any atom is -0.460 e. The third kappa shape index (κ3) is 3.66. The molecule has 0 saturated carbocycles. The number of aromatic nitrogens is 4. The van der Waals surface area contributed by atoms with Crippen LogP contribution in [0, 0.1) is 18.3 Å². The van der Waals surface area contributed by atoms with Crippen molar-refractivity contribution in [2.24, 2.45) is 0 Å². The number of ether oxygens (including phenoxy) is 1. The number of thiophene rings is 1. The second kappa shape index (κ2) is 7.61. The van der Waals surface area contributed by atoms with Crippen molar-refractivity contribution in [1.29, 1.82) is 5.26 Å². The van der Waals surface area contributed by atoms with Crippen LogP contribution in [0.2, 0.25) is 0 Å². The molecule has 2 fully saturated rings. The molecule has 29 heavy (non-hydrogen) atoms. The second-order valence-electron chi connectivity index (χ2n) is 7.80. The average molecular weight is 410 g/mol. The van der Waals surface area contributed by atoms with Crippen LogP contribution < -0.4 is 10.1 Å². The first-order valence-electron chi connectivity index (χ1n) is 10.0. The van der Waals surface area contributed by atoms with E-state index in [1.165, 1.54) is 12.8 Å². The van der Waals surface area contributed by atoms with Gasteiger partial charge in [0.05, 0.1) is 11.5 Å². The Morgan fingerprint density at radius 1 is 1.34 bits per heavy atom. The summed E-state index contributed by atoms with van der Waals surface area (Å²) < 4.78 is 6.27. The highest BCUT2D eigenvalue weighted by atomic mass is 32.1. The Morgan fingerprint density at radius 3 is 2.90 bits per heavy atom. The minimum absolute atomic E-state index is 0.115. The molecule has 0 aliphatic carbocycles. The second-order valence-corrected chi connectivity index (χ2v) is 8.69. The molecule has 2 aliphatic rings. The number of aryl methyl sites for hydroxylation is 1. The molecule has 9 heteroatoms. The lowest BCUT2D eigenvalue weighted by molar-refractivity contribution is 0.0461. The first-order chi connectivity index (χ1) is 14.2. The average Bonchev–Trinajstić information content (AvgIpc) is 3.39. The molecule has 2 bridgehead atoms. The molecular formula is C20H23N7OS. The maximum atomic E-state index is 8.91. The molecule has 2 aliphatic heterocycles. The molecule has 2 saturated heterocycles. The summed E-state index contributed by atoms with van der Waals surface area (Å²) in [7, 11) is 0. The molecule has 5 rings (SSSR count). The van der Waals surface area contributed by atoms with E-state index in [1.807, 2.05) is 24.4 Å². The van der Waals surface area contributed by atoms with Crippen LogP contribution >= 0.6 is 11.3 Å². The molecule has 150 valence electrons. The van der Waals surface area contributed by atoms with E-state index in [-0.39, 0.29) is 6.10 Å². The number of piperidine rings is 1. The van der Waals surface area contributed by atoms with Crippen molar-refractivity contribution in [3.8, 4) is 12.1 Å². The first-order valence-corrected chi connectivity index (χ1v) is 10.9. The van der Waals surface area contributed by atoms with Crippen molar-refractivity contribution in [3.63, 3.8) is 0 Å². The molecule has 3 aromatic heterocycles. The van der Waals surface area contributed by atoms with Gasteiger partial charge in [-0.3, -0.25) is 10.00 Å². The predicted octanol–water partition coefficient (Wildman–Crippen LogP) is 3.75. The van der Waals surface area contributed by atoms with Crippen LogP contribution in [-0.2, 0) is 0 Å². The van der Waals surface area contributed by atoms with Gasteiger partial charge in [-0.25, -0.2) is 0 Å². The quantitative estimate of drug-likeness (QED) is 0.639. The minimum atomic E-state index is 0.115. The van der Waals surface area contributed by atoms with Gasteiger partial charge in [0.25, 0.3) is 0 Å². The van der Waals surface area contributed by atoms with Gasteiger partial charge in [-0.15, -0.1) is 11.3 Å². The summed E-state index contributed by atoms with van der Waals surface area (Å²) in [4.78, 5) is 12.7. The zero-order valence-electron chi connectivity index (χ0n) is 16.3. The summed E-state index contributed by atoms with van der Waals surface area (Å²) in [6, 6.07) is 7.65. The maximum absolute atomic E-state index is 8.91. The van der Waals surface area contributed by atoms with Gasteiger partial charge in [0.2, 0.25) is 0 Å². The summed E-state index contributed by atoms with van der Waals surface area (Å²) in [5.41, 5.74) is 0.984. The van der Waals surface area contributed by atoms with Gasteiger partial charge in [-0.1, -0.05) is 0 Å². The van der Waals surface area contributed by atoms with Crippen molar-refractivity contribution in [2.75, 3.05) is 11.9 Å². The third-order valence-electron chi connectivity index (χ3n) is 5.85. The third-order valence-corrected chi connectivity index (χ3v) is 6.66. The van der Waals surface area contributed by atoms with E-state index in [9.17, 15) is 0 Å². The van der Waals surface area contributed by atoms with Gasteiger partial charge in [0, 0.05) is 49.7 Å². The van der Waals surface area contributed by atoms with Crippen LogP contribution in [0.4, 0.5) is 11.6 Å². The van der Waals surface area contributed by atoms with Crippen LogP contribution in [0.3, 0.4) is 0 Å². The van der Waals surface area contributed by atoms with Crippen LogP contribution in [0.1, 0.15) is 37.8 Å². The monoisotopic (exact) mass is 409 g/mol. The highest BCUT2D eigenvalue weighted by molar-refractivity contribution is 7.16. The Hall–Kier alpha value is -2.70. The van der Waals surface area contributed by atoms with Gasteiger partial charge < -0.3 is 10.1 Å². The Morgan fingerprint density at radius 2 is 2.17 bits per heavy atom. The molecular weight excluding hydrogens is 386 g/mol. The molecule has 0 unspecified atom stereocenters. The van der Waals surface area contributed by atoms with Crippen molar-refractivity contribution in [3.05, 3.63) is 23.2 Å². The predicted molar refractivity (Wildman–Crippen MR) is 111 cm³/mol. The summed E-state index contributed by atoms with van der Waals surface area (Å²) in [6.45, 7) is 2.83. The lowest BCUT2D eigenvalue weighted by Crippen LogP contribution is -2.46. The number of aromatic amines is 1. The Bertz CT molecular complexity index is 1040. The number of hydrogen-bond acceptors (Lipinski definition) is 8. The topological polar surface area (TPSA) is 103 Å². The largest absolute Gasteiger partial charge is 0.460 e. The molecule has 0 radical (unpaired) electrons. The molecule has 8 nitrogen and oxygen atoms in total. The van der Waals surface area contributed by atoms with Crippen molar-refractivity contribution < 1.29 is 4.74 Å². The number of H-pyrrole nitrogens is 1. The molecule has 3 atom stereocenters. The van der Waals surface area contributed by atoms with Gasteiger partial charge in [-0.05, 0) is 31.2 Å². The van der Waals surface area contributed by atoms with E-state index in [0.717, 1.165) is 41.1 Å². The lowest BCUT2D eigenvalue weighted by atomic mass is 9.99. The zero-order valence-corrected chi connectivity index (χ0v) is 17.1. The van der Waals surface area contributed by atoms with Gasteiger partial charge in [0.15, 0.2) is 5.82 Å². The maximum Gasteiger partial charge on any atom is 0.320 e. The summed E-state index contributed by atoms with van der Waals surface area (Å²) >= 11 is 1.58.